The van der Waals surface area contributed by atoms with Crippen LogP contribution in [-0.4, -0.2) is 40.3 Å². The van der Waals surface area contributed by atoms with Crippen LogP contribution in [0.4, 0.5) is 0 Å². The third kappa shape index (κ3) is 2.84. The third-order valence-corrected chi connectivity index (χ3v) is 3.30. The van der Waals surface area contributed by atoms with Crippen molar-refractivity contribution in [2.45, 2.75) is 25.4 Å². The van der Waals surface area contributed by atoms with Gasteiger partial charge in [-0.3, -0.25) is 4.90 Å². The Morgan fingerprint density at radius 3 is 2.65 bits per heavy atom. The van der Waals surface area contributed by atoms with E-state index in [9.17, 15) is 9.90 Å². The fourth-order valence-electron chi connectivity index (χ4n) is 2.30. The maximum atomic E-state index is 10.7. The number of nitrogens with zero attached hydrogens (tertiary/aromatic N) is 1. The summed E-state index contributed by atoms with van der Waals surface area (Å²) in [6.45, 7) is 1.99. The third-order valence-electron chi connectivity index (χ3n) is 3.30. The standard InChI is InChI=1S/C13H17NO3/c15-9-12-2-1-7-14(12)8-10-3-5-11(6-4-10)13(16)17/h3-6,12,15H,1-2,7-9H2,(H,16,17)/t12-/m1/s1. The second kappa shape index (κ2) is 5.29. The number of aromatic carboxylic acids is 1. The lowest BCUT2D eigenvalue weighted by atomic mass is 10.1. The Morgan fingerprint density at radius 2 is 2.06 bits per heavy atom. The van der Waals surface area contributed by atoms with Crippen LogP contribution in [0, 0.1) is 0 Å². The van der Waals surface area contributed by atoms with Gasteiger partial charge in [-0.05, 0) is 37.1 Å². The minimum Gasteiger partial charge on any atom is -0.478 e. The molecule has 17 heavy (non-hydrogen) atoms. The number of hydrogen-bond acceptors (Lipinski definition) is 3. The molecule has 0 spiro atoms. The van der Waals surface area contributed by atoms with E-state index in [4.69, 9.17) is 5.11 Å². The lowest BCUT2D eigenvalue weighted by Gasteiger charge is -2.22. The molecule has 4 nitrogen and oxygen atoms in total. The molecule has 0 aromatic heterocycles. The highest BCUT2D eigenvalue weighted by molar-refractivity contribution is 5.87. The van der Waals surface area contributed by atoms with E-state index in [1.165, 1.54) is 0 Å². The minimum atomic E-state index is -0.897. The van der Waals surface area contributed by atoms with Gasteiger partial charge in [0.25, 0.3) is 0 Å². The van der Waals surface area contributed by atoms with Crippen molar-refractivity contribution in [3.05, 3.63) is 35.4 Å². The van der Waals surface area contributed by atoms with Crippen molar-refractivity contribution in [1.82, 2.24) is 4.90 Å². The normalized spacial score (nSPS) is 20.6. The zero-order chi connectivity index (χ0) is 12.3. The Labute approximate surface area is 100 Å². The maximum absolute atomic E-state index is 10.7. The molecule has 0 saturated carbocycles. The van der Waals surface area contributed by atoms with E-state index in [0.29, 0.717) is 5.56 Å². The molecule has 2 rings (SSSR count). The second-order valence-electron chi connectivity index (χ2n) is 4.45. The van der Waals surface area contributed by atoms with Crippen LogP contribution < -0.4 is 0 Å². The molecular weight excluding hydrogens is 218 g/mol. The van der Waals surface area contributed by atoms with Crippen molar-refractivity contribution in [3.8, 4) is 0 Å². The SMILES string of the molecule is O=C(O)c1ccc(CN2CCC[C@@H]2CO)cc1. The van der Waals surface area contributed by atoms with Crippen LogP contribution >= 0.6 is 0 Å². The summed E-state index contributed by atoms with van der Waals surface area (Å²) in [5, 5.41) is 18.0. The Bertz CT molecular complexity index is 388. The zero-order valence-corrected chi connectivity index (χ0v) is 9.67. The van der Waals surface area contributed by atoms with Gasteiger partial charge in [-0.15, -0.1) is 0 Å². The van der Waals surface area contributed by atoms with Gasteiger partial charge in [0.1, 0.15) is 0 Å². The second-order valence-corrected chi connectivity index (χ2v) is 4.45. The average Bonchev–Trinajstić information content (AvgIpc) is 2.77. The number of carboxylic acid groups (broad SMARTS) is 1. The van der Waals surface area contributed by atoms with E-state index in [-0.39, 0.29) is 12.6 Å². The molecule has 0 radical (unpaired) electrons. The number of carboxylic acids is 1. The van der Waals surface area contributed by atoms with Crippen LogP contribution in [0.25, 0.3) is 0 Å². The highest BCUT2D eigenvalue weighted by atomic mass is 16.4. The van der Waals surface area contributed by atoms with E-state index < -0.39 is 5.97 Å². The molecule has 1 aliphatic heterocycles. The molecular formula is C13H17NO3. The molecule has 1 fully saturated rings. The number of aliphatic hydroxyl groups excluding tert-OH is 1. The van der Waals surface area contributed by atoms with Crippen molar-refractivity contribution in [2.75, 3.05) is 13.2 Å². The molecule has 1 aromatic rings. The molecule has 0 aliphatic carbocycles. The summed E-state index contributed by atoms with van der Waals surface area (Å²) in [6.07, 6.45) is 2.17. The summed E-state index contributed by atoms with van der Waals surface area (Å²) in [7, 11) is 0. The van der Waals surface area contributed by atoms with E-state index in [2.05, 4.69) is 4.90 Å². The fourth-order valence-corrected chi connectivity index (χ4v) is 2.30. The quantitative estimate of drug-likeness (QED) is 0.826. The smallest absolute Gasteiger partial charge is 0.335 e. The van der Waals surface area contributed by atoms with E-state index in [0.717, 1.165) is 31.5 Å². The lowest BCUT2D eigenvalue weighted by Crippen LogP contribution is -2.31. The van der Waals surface area contributed by atoms with Gasteiger partial charge in [0.15, 0.2) is 0 Å². The van der Waals surface area contributed by atoms with Crippen LogP contribution in [0.3, 0.4) is 0 Å². The van der Waals surface area contributed by atoms with Crippen LogP contribution in [0.1, 0.15) is 28.8 Å². The number of carbonyl (C=O) groups is 1. The van der Waals surface area contributed by atoms with Crippen molar-refractivity contribution in [2.24, 2.45) is 0 Å². The van der Waals surface area contributed by atoms with Crippen LogP contribution in [0.15, 0.2) is 24.3 Å². The van der Waals surface area contributed by atoms with Gasteiger partial charge < -0.3 is 10.2 Å². The van der Waals surface area contributed by atoms with Crippen molar-refractivity contribution >= 4 is 5.97 Å². The molecule has 1 aromatic carbocycles. The van der Waals surface area contributed by atoms with Gasteiger partial charge >= 0.3 is 5.97 Å². The molecule has 1 saturated heterocycles. The summed E-state index contributed by atoms with van der Waals surface area (Å²) in [5.41, 5.74) is 1.41. The molecule has 1 heterocycles. The summed E-state index contributed by atoms with van der Waals surface area (Å²) in [4.78, 5) is 13.0. The molecule has 92 valence electrons. The first-order valence-electron chi connectivity index (χ1n) is 5.88. The van der Waals surface area contributed by atoms with Crippen molar-refractivity contribution < 1.29 is 15.0 Å². The first kappa shape index (κ1) is 12.1. The number of rotatable bonds is 4. The monoisotopic (exact) mass is 235 g/mol. The Kier molecular flexibility index (Phi) is 3.76. The summed E-state index contributed by atoms with van der Waals surface area (Å²) < 4.78 is 0. The highest BCUT2D eigenvalue weighted by Crippen LogP contribution is 2.19. The van der Waals surface area contributed by atoms with Gasteiger partial charge in [0.2, 0.25) is 0 Å². The molecule has 0 bridgehead atoms. The average molecular weight is 235 g/mol. The van der Waals surface area contributed by atoms with Crippen LogP contribution in [0.2, 0.25) is 0 Å². The van der Waals surface area contributed by atoms with E-state index in [1.54, 1.807) is 12.1 Å². The molecule has 1 aliphatic rings. The summed E-state index contributed by atoms with van der Waals surface area (Å²) in [6, 6.07) is 7.20. The predicted octanol–water partition coefficient (Wildman–Crippen LogP) is 1.34. The van der Waals surface area contributed by atoms with E-state index >= 15 is 0 Å². The number of likely N-dealkylation sites (tertiary alicyclic amines) is 1. The van der Waals surface area contributed by atoms with Crippen molar-refractivity contribution in [1.29, 1.82) is 0 Å². The Morgan fingerprint density at radius 1 is 1.35 bits per heavy atom. The largest absolute Gasteiger partial charge is 0.478 e. The fraction of sp³-hybridized carbons (Fsp3) is 0.462. The Hall–Kier alpha value is -1.39. The predicted molar refractivity (Wildman–Crippen MR) is 63.9 cm³/mol. The van der Waals surface area contributed by atoms with Gasteiger partial charge in [-0.2, -0.15) is 0 Å². The number of aliphatic hydroxyl groups is 1. The van der Waals surface area contributed by atoms with Gasteiger partial charge in [-0.1, -0.05) is 12.1 Å². The molecule has 0 amide bonds. The Balaban J connectivity index is 2.01. The van der Waals surface area contributed by atoms with Gasteiger partial charge in [-0.25, -0.2) is 4.79 Å². The van der Waals surface area contributed by atoms with Crippen LogP contribution in [-0.2, 0) is 6.54 Å². The lowest BCUT2D eigenvalue weighted by molar-refractivity contribution is 0.0697. The van der Waals surface area contributed by atoms with E-state index in [1.807, 2.05) is 12.1 Å². The van der Waals surface area contributed by atoms with Gasteiger partial charge in [0.05, 0.1) is 12.2 Å². The first-order valence-corrected chi connectivity index (χ1v) is 5.88. The zero-order valence-electron chi connectivity index (χ0n) is 9.67. The van der Waals surface area contributed by atoms with Gasteiger partial charge in [0, 0.05) is 12.6 Å². The van der Waals surface area contributed by atoms with Crippen molar-refractivity contribution in [3.63, 3.8) is 0 Å². The summed E-state index contributed by atoms with van der Waals surface area (Å²) in [5.74, 6) is -0.897. The summed E-state index contributed by atoms with van der Waals surface area (Å²) >= 11 is 0. The number of hydrogen-bond donors (Lipinski definition) is 2. The molecule has 0 unspecified atom stereocenters. The molecule has 1 atom stereocenters. The topological polar surface area (TPSA) is 60.8 Å². The highest BCUT2D eigenvalue weighted by Gasteiger charge is 2.23. The van der Waals surface area contributed by atoms with Crippen LogP contribution in [0.5, 0.6) is 0 Å². The first-order chi connectivity index (χ1) is 8.20. The minimum absolute atomic E-state index is 0.202. The molecule has 2 N–H and O–H groups in total. The number of benzene rings is 1. The molecule has 4 heteroatoms. The maximum Gasteiger partial charge on any atom is 0.335 e.